The highest BCUT2D eigenvalue weighted by atomic mass is 32.2. The van der Waals surface area contributed by atoms with Gasteiger partial charge in [-0.2, -0.15) is 5.26 Å². The summed E-state index contributed by atoms with van der Waals surface area (Å²) in [5.41, 5.74) is 2.34. The first-order chi connectivity index (χ1) is 12.6. The Morgan fingerprint density at radius 3 is 2.85 bits per heavy atom. The molecule has 2 atom stereocenters. The molecule has 3 rings (SSSR count). The van der Waals surface area contributed by atoms with Gasteiger partial charge in [0.2, 0.25) is 0 Å². The molecular formula is C19H18N2O4S. The van der Waals surface area contributed by atoms with Crippen molar-refractivity contribution in [1.82, 2.24) is 0 Å². The van der Waals surface area contributed by atoms with Gasteiger partial charge in [0, 0.05) is 11.1 Å². The molecule has 1 heterocycles. The fourth-order valence-electron chi connectivity index (χ4n) is 2.77. The first-order valence-corrected chi connectivity index (χ1v) is 9.13. The third kappa shape index (κ3) is 3.93. The Morgan fingerprint density at radius 1 is 1.35 bits per heavy atom. The van der Waals surface area contributed by atoms with E-state index in [9.17, 15) is 9.90 Å². The van der Waals surface area contributed by atoms with E-state index in [-0.39, 0.29) is 12.0 Å². The lowest BCUT2D eigenvalue weighted by Gasteiger charge is -2.15. The lowest BCUT2D eigenvalue weighted by Crippen LogP contribution is -2.90. The zero-order chi connectivity index (χ0) is 18.5. The molecule has 0 radical (unpaired) electrons. The Kier molecular flexibility index (Phi) is 5.66. The van der Waals surface area contributed by atoms with Crippen LogP contribution in [0, 0.1) is 11.3 Å². The van der Waals surface area contributed by atoms with Crippen LogP contribution in [0.4, 0.5) is 0 Å². The predicted octanol–water partition coefficient (Wildman–Crippen LogP) is 0.573. The number of carboxylic acids is 1. The van der Waals surface area contributed by atoms with E-state index in [4.69, 9.17) is 14.7 Å². The average molecular weight is 370 g/mol. The number of nitriles is 1. The van der Waals surface area contributed by atoms with Crippen LogP contribution in [0.3, 0.4) is 0 Å². The number of quaternary nitrogens is 1. The van der Waals surface area contributed by atoms with Crippen LogP contribution in [0.15, 0.2) is 42.5 Å². The number of methoxy groups -OCH3 is 1. The number of rotatable bonds is 6. The molecule has 0 aromatic heterocycles. The largest absolute Gasteiger partial charge is 0.544 e. The van der Waals surface area contributed by atoms with Gasteiger partial charge in [-0.25, -0.2) is 0 Å². The molecule has 1 fully saturated rings. The van der Waals surface area contributed by atoms with Gasteiger partial charge in [0.1, 0.15) is 18.6 Å². The fourth-order valence-corrected chi connectivity index (χ4v) is 4.08. The number of carbonyl (C=O) groups is 1. The van der Waals surface area contributed by atoms with Gasteiger partial charge in [-0.1, -0.05) is 30.0 Å². The molecular weight excluding hydrogens is 352 g/mol. The van der Waals surface area contributed by atoms with E-state index < -0.39 is 12.0 Å². The number of hydrogen-bond acceptors (Lipinski definition) is 6. The maximum atomic E-state index is 11.0. The summed E-state index contributed by atoms with van der Waals surface area (Å²) >= 11 is 1.56. The van der Waals surface area contributed by atoms with Crippen molar-refractivity contribution in [1.29, 1.82) is 5.26 Å². The number of aliphatic carboxylic acids is 1. The number of carboxylic acid groups (broad SMARTS) is 1. The summed E-state index contributed by atoms with van der Waals surface area (Å²) in [6.07, 6.45) is 0. The maximum Gasteiger partial charge on any atom is 0.161 e. The minimum atomic E-state index is -1.04. The first-order valence-electron chi connectivity index (χ1n) is 8.08. The van der Waals surface area contributed by atoms with Crippen molar-refractivity contribution in [2.75, 3.05) is 12.9 Å². The quantitative estimate of drug-likeness (QED) is 0.798. The smallest absolute Gasteiger partial charge is 0.161 e. The molecule has 1 aliphatic rings. The minimum Gasteiger partial charge on any atom is -0.544 e. The first kappa shape index (κ1) is 18.1. The Bertz CT molecular complexity index is 850. The summed E-state index contributed by atoms with van der Waals surface area (Å²) < 4.78 is 11.3. The van der Waals surface area contributed by atoms with Crippen LogP contribution in [0.25, 0.3) is 0 Å². The third-order valence-electron chi connectivity index (χ3n) is 4.20. The zero-order valence-corrected chi connectivity index (χ0v) is 15.0. The summed E-state index contributed by atoms with van der Waals surface area (Å²) in [5, 5.41) is 21.9. The molecule has 26 heavy (non-hydrogen) atoms. The number of nitrogens with two attached hydrogens (primary N) is 1. The highest BCUT2D eigenvalue weighted by Crippen LogP contribution is 2.34. The molecule has 0 bridgehead atoms. The van der Waals surface area contributed by atoms with Crippen molar-refractivity contribution < 1.29 is 24.7 Å². The van der Waals surface area contributed by atoms with Crippen molar-refractivity contribution in [3.63, 3.8) is 0 Å². The molecule has 2 aromatic carbocycles. The van der Waals surface area contributed by atoms with E-state index in [1.54, 1.807) is 30.3 Å². The minimum absolute atomic E-state index is 0.0137. The maximum absolute atomic E-state index is 11.0. The SMILES string of the molecule is COc1cc([C@@H]2[NH2+][C@@H](C(=O)[O-])CS2)ccc1OCc1ccccc1C#N. The highest BCUT2D eigenvalue weighted by Gasteiger charge is 2.31. The zero-order valence-electron chi connectivity index (χ0n) is 14.2. The van der Waals surface area contributed by atoms with Gasteiger partial charge in [0.15, 0.2) is 16.9 Å². The van der Waals surface area contributed by atoms with Crippen LogP contribution in [-0.4, -0.2) is 24.9 Å². The van der Waals surface area contributed by atoms with Gasteiger partial charge in [-0.15, -0.1) is 0 Å². The van der Waals surface area contributed by atoms with E-state index >= 15 is 0 Å². The predicted molar refractivity (Wildman–Crippen MR) is 94.4 cm³/mol. The summed E-state index contributed by atoms with van der Waals surface area (Å²) in [6, 6.07) is 14.5. The second kappa shape index (κ2) is 8.13. The molecule has 0 spiro atoms. The fraction of sp³-hybridized carbons (Fsp3) is 0.263. The molecule has 2 N–H and O–H groups in total. The van der Waals surface area contributed by atoms with Crippen molar-refractivity contribution in [3.05, 3.63) is 59.2 Å². The summed E-state index contributed by atoms with van der Waals surface area (Å²) in [7, 11) is 1.56. The summed E-state index contributed by atoms with van der Waals surface area (Å²) in [6.45, 7) is 0.260. The van der Waals surface area contributed by atoms with Crippen LogP contribution < -0.4 is 19.9 Å². The molecule has 134 valence electrons. The Morgan fingerprint density at radius 2 is 2.15 bits per heavy atom. The number of carbonyl (C=O) groups excluding carboxylic acids is 1. The normalized spacial score (nSPS) is 18.9. The van der Waals surface area contributed by atoms with Gasteiger partial charge >= 0.3 is 0 Å². The van der Waals surface area contributed by atoms with Crippen molar-refractivity contribution in [2.45, 2.75) is 18.0 Å². The highest BCUT2D eigenvalue weighted by molar-refractivity contribution is 7.99. The molecule has 0 amide bonds. The van der Waals surface area contributed by atoms with E-state index in [0.29, 0.717) is 22.8 Å². The third-order valence-corrected chi connectivity index (χ3v) is 5.54. The Hall–Kier alpha value is -2.69. The molecule has 0 unspecified atom stereocenters. The summed E-state index contributed by atoms with van der Waals surface area (Å²) in [4.78, 5) is 11.0. The molecule has 2 aromatic rings. The second-order valence-corrected chi connectivity index (χ2v) is 7.01. The number of nitrogens with zero attached hydrogens (tertiary/aromatic N) is 1. The second-order valence-electron chi connectivity index (χ2n) is 5.84. The lowest BCUT2D eigenvalue weighted by molar-refractivity contribution is -0.690. The molecule has 1 saturated heterocycles. The molecule has 0 saturated carbocycles. The van der Waals surface area contributed by atoms with Crippen LogP contribution in [-0.2, 0) is 11.4 Å². The van der Waals surface area contributed by atoms with Crippen LogP contribution >= 0.6 is 11.8 Å². The number of thioether (sulfide) groups is 1. The Balaban J connectivity index is 1.73. The van der Waals surface area contributed by atoms with Crippen molar-refractivity contribution in [2.24, 2.45) is 0 Å². The number of hydrogen-bond donors (Lipinski definition) is 1. The van der Waals surface area contributed by atoms with Gasteiger partial charge in [-0.05, 0) is 24.3 Å². The summed E-state index contributed by atoms with van der Waals surface area (Å²) in [5.74, 6) is 0.618. The van der Waals surface area contributed by atoms with Crippen molar-refractivity contribution >= 4 is 17.7 Å². The van der Waals surface area contributed by atoms with Crippen LogP contribution in [0.1, 0.15) is 22.1 Å². The average Bonchev–Trinajstić information content (AvgIpc) is 3.17. The van der Waals surface area contributed by atoms with Gasteiger partial charge in [-0.3, -0.25) is 0 Å². The molecule has 1 aliphatic heterocycles. The van der Waals surface area contributed by atoms with E-state index in [2.05, 4.69) is 6.07 Å². The Labute approximate surface area is 155 Å². The molecule has 6 nitrogen and oxygen atoms in total. The van der Waals surface area contributed by atoms with Crippen LogP contribution in [0.2, 0.25) is 0 Å². The molecule has 7 heteroatoms. The molecule has 0 aliphatic carbocycles. The monoisotopic (exact) mass is 370 g/mol. The van der Waals surface area contributed by atoms with E-state index in [1.165, 1.54) is 0 Å². The van der Waals surface area contributed by atoms with Crippen LogP contribution in [0.5, 0.6) is 11.5 Å². The lowest BCUT2D eigenvalue weighted by atomic mass is 10.1. The number of benzene rings is 2. The van der Waals surface area contributed by atoms with Gasteiger partial charge in [0.05, 0.1) is 24.5 Å². The van der Waals surface area contributed by atoms with Gasteiger partial charge < -0.3 is 24.7 Å². The topological polar surface area (TPSA) is 99.0 Å². The van der Waals surface area contributed by atoms with Crippen molar-refractivity contribution in [3.8, 4) is 17.6 Å². The standard InChI is InChI=1S/C19H18N2O4S/c1-24-17-8-12(18-21-15(11-26-18)19(22)23)6-7-16(17)25-10-14-5-3-2-4-13(14)9-20/h2-8,15,18,21H,10-11H2,1H3,(H,22,23)/t15-,18-/m1/s1. The van der Waals surface area contributed by atoms with Gasteiger partial charge in [0.25, 0.3) is 0 Å². The number of ether oxygens (including phenoxy) is 2. The van der Waals surface area contributed by atoms with E-state index in [0.717, 1.165) is 11.1 Å². The van der Waals surface area contributed by atoms with E-state index in [1.807, 2.05) is 36.4 Å².